The second-order valence-electron chi connectivity index (χ2n) is 4.34. The molecule has 0 atom stereocenters. The van der Waals surface area contributed by atoms with E-state index in [1.165, 1.54) is 18.2 Å². The topological polar surface area (TPSA) is 29.9 Å². The van der Waals surface area contributed by atoms with E-state index in [-0.39, 0.29) is 12.1 Å². The van der Waals surface area contributed by atoms with Crippen LogP contribution in [0.25, 0.3) is 0 Å². The summed E-state index contributed by atoms with van der Waals surface area (Å²) in [5, 5.41) is 3.20. The molecule has 1 heterocycles. The molecule has 0 unspecified atom stereocenters. The molecule has 3 nitrogen and oxygen atoms in total. The normalized spacial score (nSPS) is 10.9. The average molecular weight is 265 g/mol. The molecule has 0 fully saturated rings. The first-order chi connectivity index (χ1) is 9.20. The Kier molecular flexibility index (Phi) is 4.63. The van der Waals surface area contributed by atoms with Gasteiger partial charge < -0.3 is 9.88 Å². The molecular formula is C14H17F2N3. The summed E-state index contributed by atoms with van der Waals surface area (Å²) in [6, 6.07) is 3.90. The van der Waals surface area contributed by atoms with Gasteiger partial charge in [-0.3, -0.25) is 0 Å². The van der Waals surface area contributed by atoms with E-state index in [1.54, 1.807) is 10.9 Å². The van der Waals surface area contributed by atoms with Gasteiger partial charge in [-0.2, -0.15) is 0 Å². The molecule has 0 aliphatic heterocycles. The molecule has 0 aliphatic carbocycles. The van der Waals surface area contributed by atoms with Crippen LogP contribution in [0.2, 0.25) is 0 Å². The lowest BCUT2D eigenvalue weighted by atomic mass is 10.2. The second kappa shape index (κ2) is 6.43. The van der Waals surface area contributed by atoms with E-state index in [4.69, 9.17) is 0 Å². The van der Waals surface area contributed by atoms with Gasteiger partial charge in [0.05, 0.1) is 18.6 Å². The smallest absolute Gasteiger partial charge is 0.131 e. The third-order valence-corrected chi connectivity index (χ3v) is 2.90. The monoisotopic (exact) mass is 265 g/mol. The van der Waals surface area contributed by atoms with Crippen molar-refractivity contribution in [2.75, 3.05) is 13.1 Å². The Morgan fingerprint density at radius 2 is 2.00 bits per heavy atom. The van der Waals surface area contributed by atoms with Gasteiger partial charge in [0, 0.05) is 24.7 Å². The number of hydrogen-bond acceptors (Lipinski definition) is 2. The van der Waals surface area contributed by atoms with E-state index in [2.05, 4.69) is 10.3 Å². The summed E-state index contributed by atoms with van der Waals surface area (Å²) in [6.45, 7) is 3.97. The Labute approximate surface area is 111 Å². The number of aromatic nitrogens is 2. The summed E-state index contributed by atoms with van der Waals surface area (Å²) in [5.41, 5.74) is 0.982. The first-order valence-electron chi connectivity index (χ1n) is 6.35. The SMILES string of the molecule is CCNCCc1cn(Cc2c(F)cccc2F)cn1. The number of nitrogens with zero attached hydrogens (tertiary/aromatic N) is 2. The van der Waals surface area contributed by atoms with Crippen molar-refractivity contribution in [2.24, 2.45) is 0 Å². The number of imidazole rings is 1. The third-order valence-electron chi connectivity index (χ3n) is 2.90. The summed E-state index contributed by atoms with van der Waals surface area (Å²) in [6.07, 6.45) is 4.23. The molecule has 2 aromatic rings. The van der Waals surface area contributed by atoms with Gasteiger partial charge in [-0.15, -0.1) is 0 Å². The minimum atomic E-state index is -0.525. The zero-order chi connectivity index (χ0) is 13.7. The fourth-order valence-corrected chi connectivity index (χ4v) is 1.88. The minimum Gasteiger partial charge on any atom is -0.333 e. The summed E-state index contributed by atoms with van der Waals surface area (Å²) >= 11 is 0. The highest BCUT2D eigenvalue weighted by Gasteiger charge is 2.09. The Bertz CT molecular complexity index is 517. The molecule has 19 heavy (non-hydrogen) atoms. The molecule has 0 radical (unpaired) electrons. The number of likely N-dealkylation sites (N-methyl/N-ethyl adjacent to an activating group) is 1. The van der Waals surface area contributed by atoms with E-state index >= 15 is 0 Å². The zero-order valence-electron chi connectivity index (χ0n) is 10.9. The molecule has 1 aromatic heterocycles. The van der Waals surface area contributed by atoms with Gasteiger partial charge in [0.25, 0.3) is 0 Å². The van der Waals surface area contributed by atoms with Gasteiger partial charge in [0.2, 0.25) is 0 Å². The highest BCUT2D eigenvalue weighted by Crippen LogP contribution is 2.13. The number of halogens is 2. The van der Waals surface area contributed by atoms with Crippen molar-refractivity contribution in [2.45, 2.75) is 19.9 Å². The maximum atomic E-state index is 13.5. The second-order valence-corrected chi connectivity index (χ2v) is 4.34. The summed E-state index contributed by atoms with van der Waals surface area (Å²) < 4.78 is 28.7. The van der Waals surface area contributed by atoms with Crippen LogP contribution in [0.5, 0.6) is 0 Å². The van der Waals surface area contributed by atoms with Crippen LogP contribution < -0.4 is 5.32 Å². The molecule has 1 N–H and O–H groups in total. The van der Waals surface area contributed by atoms with Crippen LogP contribution in [-0.2, 0) is 13.0 Å². The predicted octanol–water partition coefficient (Wildman–Crippen LogP) is 2.36. The molecule has 0 spiro atoms. The van der Waals surface area contributed by atoms with Gasteiger partial charge in [-0.25, -0.2) is 13.8 Å². The maximum absolute atomic E-state index is 13.5. The molecular weight excluding hydrogens is 248 g/mol. The molecule has 0 aliphatic rings. The van der Waals surface area contributed by atoms with E-state index in [1.807, 2.05) is 13.1 Å². The van der Waals surface area contributed by atoms with Crippen LogP contribution in [0.3, 0.4) is 0 Å². The van der Waals surface area contributed by atoms with Crippen molar-refractivity contribution in [1.82, 2.24) is 14.9 Å². The van der Waals surface area contributed by atoms with E-state index < -0.39 is 11.6 Å². The fourth-order valence-electron chi connectivity index (χ4n) is 1.88. The number of nitrogens with one attached hydrogen (secondary N) is 1. The van der Waals surface area contributed by atoms with Crippen molar-refractivity contribution in [1.29, 1.82) is 0 Å². The molecule has 5 heteroatoms. The molecule has 0 saturated carbocycles. The fraction of sp³-hybridized carbons (Fsp3) is 0.357. The Morgan fingerprint density at radius 1 is 1.26 bits per heavy atom. The van der Waals surface area contributed by atoms with Crippen molar-refractivity contribution in [3.63, 3.8) is 0 Å². The van der Waals surface area contributed by atoms with Crippen molar-refractivity contribution < 1.29 is 8.78 Å². The highest BCUT2D eigenvalue weighted by atomic mass is 19.1. The lowest BCUT2D eigenvalue weighted by molar-refractivity contribution is 0.544. The first-order valence-corrected chi connectivity index (χ1v) is 6.35. The van der Waals surface area contributed by atoms with Crippen LogP contribution in [0, 0.1) is 11.6 Å². The Balaban J connectivity index is 2.03. The van der Waals surface area contributed by atoms with Crippen LogP contribution in [0.1, 0.15) is 18.2 Å². The van der Waals surface area contributed by atoms with E-state index in [0.29, 0.717) is 0 Å². The number of hydrogen-bond donors (Lipinski definition) is 1. The third kappa shape index (κ3) is 3.61. The molecule has 0 bridgehead atoms. The lowest BCUT2D eigenvalue weighted by Gasteiger charge is -2.05. The van der Waals surface area contributed by atoms with Crippen molar-refractivity contribution in [3.8, 4) is 0 Å². The van der Waals surface area contributed by atoms with E-state index in [0.717, 1.165) is 25.2 Å². The minimum absolute atomic E-state index is 0.0677. The number of rotatable bonds is 6. The molecule has 0 saturated heterocycles. The van der Waals surface area contributed by atoms with Crippen molar-refractivity contribution >= 4 is 0 Å². The first kappa shape index (κ1) is 13.7. The summed E-state index contributed by atoms with van der Waals surface area (Å²) in [7, 11) is 0. The predicted molar refractivity (Wildman–Crippen MR) is 69.9 cm³/mol. The summed E-state index contributed by atoms with van der Waals surface area (Å²) in [5.74, 6) is -1.05. The molecule has 102 valence electrons. The average Bonchev–Trinajstić information content (AvgIpc) is 2.82. The lowest BCUT2D eigenvalue weighted by Crippen LogP contribution is -2.16. The van der Waals surface area contributed by atoms with Crippen LogP contribution in [0.15, 0.2) is 30.7 Å². The molecule has 0 amide bonds. The molecule has 1 aromatic carbocycles. The largest absolute Gasteiger partial charge is 0.333 e. The Morgan fingerprint density at radius 3 is 2.68 bits per heavy atom. The van der Waals surface area contributed by atoms with Gasteiger partial charge in [-0.05, 0) is 18.7 Å². The summed E-state index contributed by atoms with van der Waals surface area (Å²) in [4.78, 5) is 4.22. The van der Waals surface area contributed by atoms with Gasteiger partial charge in [-0.1, -0.05) is 13.0 Å². The van der Waals surface area contributed by atoms with Crippen LogP contribution >= 0.6 is 0 Å². The maximum Gasteiger partial charge on any atom is 0.131 e. The molecule has 2 rings (SSSR count). The van der Waals surface area contributed by atoms with Gasteiger partial charge in [0.1, 0.15) is 11.6 Å². The quantitative estimate of drug-likeness (QED) is 0.813. The Hall–Kier alpha value is -1.75. The standard InChI is InChI=1S/C14H17F2N3/c1-2-17-7-6-11-8-19(10-18-11)9-12-13(15)4-3-5-14(12)16/h3-5,8,10,17H,2,6-7,9H2,1H3. The van der Waals surface area contributed by atoms with Gasteiger partial charge >= 0.3 is 0 Å². The van der Waals surface area contributed by atoms with E-state index in [9.17, 15) is 8.78 Å². The zero-order valence-corrected chi connectivity index (χ0v) is 10.9. The van der Waals surface area contributed by atoms with Crippen LogP contribution in [0.4, 0.5) is 8.78 Å². The highest BCUT2D eigenvalue weighted by molar-refractivity contribution is 5.20. The van der Waals surface area contributed by atoms with Crippen LogP contribution in [-0.4, -0.2) is 22.6 Å². The van der Waals surface area contributed by atoms with Gasteiger partial charge in [0.15, 0.2) is 0 Å². The van der Waals surface area contributed by atoms with Crippen molar-refractivity contribution in [3.05, 3.63) is 53.6 Å². The number of benzene rings is 1.